The zero-order valence-electron chi connectivity index (χ0n) is 12.4. The molecule has 0 saturated heterocycles. The van der Waals surface area contributed by atoms with E-state index < -0.39 is 0 Å². The maximum atomic E-state index is 9.25. The van der Waals surface area contributed by atoms with E-state index in [-0.39, 0.29) is 6.10 Å². The Balaban J connectivity index is 2.82. The van der Waals surface area contributed by atoms with Crippen molar-refractivity contribution >= 4 is 15.9 Å². The van der Waals surface area contributed by atoms with Gasteiger partial charge in [-0.05, 0) is 53.9 Å². The Kier molecular flexibility index (Phi) is 7.95. The average Bonchev–Trinajstić information content (AvgIpc) is 2.38. The fourth-order valence-electron chi connectivity index (χ4n) is 1.76. The molecule has 114 valence electrons. The summed E-state index contributed by atoms with van der Waals surface area (Å²) in [4.78, 5) is 0. The lowest BCUT2D eigenvalue weighted by Gasteiger charge is -2.15. The SMILES string of the molecule is CCCOc1c(Br)cc(CNC[C@H](C)O)cc1OCC. The summed E-state index contributed by atoms with van der Waals surface area (Å²) in [6, 6.07) is 4.00. The first-order valence-corrected chi connectivity index (χ1v) is 7.84. The Labute approximate surface area is 129 Å². The minimum Gasteiger partial charge on any atom is -0.490 e. The summed E-state index contributed by atoms with van der Waals surface area (Å²) in [5, 5.41) is 12.4. The van der Waals surface area contributed by atoms with Crippen molar-refractivity contribution in [2.24, 2.45) is 0 Å². The van der Waals surface area contributed by atoms with Crippen molar-refractivity contribution in [3.63, 3.8) is 0 Å². The lowest BCUT2D eigenvalue weighted by Crippen LogP contribution is -2.23. The van der Waals surface area contributed by atoms with Crippen molar-refractivity contribution in [1.82, 2.24) is 5.32 Å². The molecule has 1 aromatic rings. The highest BCUT2D eigenvalue weighted by Gasteiger charge is 2.12. The monoisotopic (exact) mass is 345 g/mol. The van der Waals surface area contributed by atoms with Gasteiger partial charge in [0.1, 0.15) is 0 Å². The molecule has 0 aliphatic heterocycles. The van der Waals surface area contributed by atoms with Crippen LogP contribution in [0.15, 0.2) is 16.6 Å². The molecule has 0 heterocycles. The first-order chi connectivity index (χ1) is 9.58. The van der Waals surface area contributed by atoms with Crippen LogP contribution in [0.3, 0.4) is 0 Å². The molecule has 1 rings (SSSR count). The summed E-state index contributed by atoms with van der Waals surface area (Å²) in [7, 11) is 0. The van der Waals surface area contributed by atoms with E-state index in [0.29, 0.717) is 26.3 Å². The molecule has 2 N–H and O–H groups in total. The summed E-state index contributed by atoms with van der Waals surface area (Å²) in [5.41, 5.74) is 1.09. The Morgan fingerprint density at radius 1 is 1.30 bits per heavy atom. The molecule has 0 unspecified atom stereocenters. The highest BCUT2D eigenvalue weighted by Crippen LogP contribution is 2.37. The molecule has 0 fully saturated rings. The molecule has 0 saturated carbocycles. The number of ether oxygens (including phenoxy) is 2. The van der Waals surface area contributed by atoms with Crippen LogP contribution in [-0.2, 0) is 6.54 Å². The summed E-state index contributed by atoms with van der Waals surface area (Å²) in [5.74, 6) is 1.51. The molecule has 1 aromatic carbocycles. The largest absolute Gasteiger partial charge is 0.490 e. The molecule has 0 aromatic heterocycles. The Morgan fingerprint density at radius 2 is 2.05 bits per heavy atom. The van der Waals surface area contributed by atoms with Crippen LogP contribution in [-0.4, -0.2) is 31.0 Å². The summed E-state index contributed by atoms with van der Waals surface area (Å²) < 4.78 is 12.3. The van der Waals surface area contributed by atoms with E-state index in [4.69, 9.17) is 9.47 Å². The van der Waals surface area contributed by atoms with Crippen LogP contribution in [0.25, 0.3) is 0 Å². The van der Waals surface area contributed by atoms with Gasteiger partial charge in [-0.1, -0.05) is 6.92 Å². The first kappa shape index (κ1) is 17.3. The molecule has 0 aliphatic rings. The third-order valence-corrected chi connectivity index (χ3v) is 3.18. The van der Waals surface area contributed by atoms with Crippen LogP contribution < -0.4 is 14.8 Å². The van der Waals surface area contributed by atoms with E-state index in [1.807, 2.05) is 19.1 Å². The van der Waals surface area contributed by atoms with Gasteiger partial charge in [-0.25, -0.2) is 0 Å². The molecule has 1 atom stereocenters. The molecule has 0 radical (unpaired) electrons. The number of aliphatic hydroxyl groups excluding tert-OH is 1. The van der Waals surface area contributed by atoms with Crippen LogP contribution in [0.5, 0.6) is 11.5 Å². The van der Waals surface area contributed by atoms with Crippen LogP contribution in [0.4, 0.5) is 0 Å². The van der Waals surface area contributed by atoms with Gasteiger partial charge in [0.2, 0.25) is 0 Å². The fourth-order valence-corrected chi connectivity index (χ4v) is 2.36. The lowest BCUT2D eigenvalue weighted by molar-refractivity contribution is 0.191. The third kappa shape index (κ3) is 5.69. The highest BCUT2D eigenvalue weighted by molar-refractivity contribution is 9.10. The molecule has 4 nitrogen and oxygen atoms in total. The van der Waals surface area contributed by atoms with E-state index >= 15 is 0 Å². The van der Waals surface area contributed by atoms with Gasteiger partial charge >= 0.3 is 0 Å². The Bertz CT molecular complexity index is 410. The van der Waals surface area contributed by atoms with E-state index in [2.05, 4.69) is 28.2 Å². The normalized spacial score (nSPS) is 12.2. The molecule has 5 heteroatoms. The van der Waals surface area contributed by atoms with Crippen molar-refractivity contribution in [1.29, 1.82) is 0 Å². The van der Waals surface area contributed by atoms with Gasteiger partial charge in [0, 0.05) is 13.1 Å². The van der Waals surface area contributed by atoms with E-state index in [0.717, 1.165) is 28.0 Å². The second-order valence-corrected chi connectivity index (χ2v) is 5.52. The lowest BCUT2D eigenvalue weighted by atomic mass is 10.2. The van der Waals surface area contributed by atoms with Gasteiger partial charge in [0.15, 0.2) is 11.5 Å². The maximum Gasteiger partial charge on any atom is 0.175 e. The smallest absolute Gasteiger partial charge is 0.175 e. The zero-order valence-corrected chi connectivity index (χ0v) is 14.0. The fraction of sp³-hybridized carbons (Fsp3) is 0.600. The highest BCUT2D eigenvalue weighted by atomic mass is 79.9. The standard InChI is InChI=1S/C15H24BrNO3/c1-4-6-20-15-13(16)7-12(8-14(15)19-5-2)10-17-9-11(3)18/h7-8,11,17-18H,4-6,9-10H2,1-3H3/t11-/m0/s1. The number of hydrogen-bond donors (Lipinski definition) is 2. The van der Waals surface area contributed by atoms with Crippen molar-refractivity contribution in [2.45, 2.75) is 39.8 Å². The zero-order chi connectivity index (χ0) is 15.0. The maximum absolute atomic E-state index is 9.25. The first-order valence-electron chi connectivity index (χ1n) is 7.05. The van der Waals surface area contributed by atoms with E-state index in [9.17, 15) is 5.11 Å². The summed E-state index contributed by atoms with van der Waals surface area (Å²) in [6.07, 6.45) is 0.604. The van der Waals surface area contributed by atoms with Gasteiger partial charge in [-0.15, -0.1) is 0 Å². The summed E-state index contributed by atoms with van der Waals surface area (Å²) in [6.45, 7) is 8.29. The predicted molar refractivity (Wildman–Crippen MR) is 84.5 cm³/mol. The quantitative estimate of drug-likeness (QED) is 0.721. The molecular weight excluding hydrogens is 322 g/mol. The second-order valence-electron chi connectivity index (χ2n) is 4.67. The Morgan fingerprint density at radius 3 is 2.65 bits per heavy atom. The van der Waals surface area contributed by atoms with Crippen LogP contribution in [0.2, 0.25) is 0 Å². The van der Waals surface area contributed by atoms with Crippen LogP contribution in [0, 0.1) is 0 Å². The number of benzene rings is 1. The second kappa shape index (κ2) is 9.21. The number of nitrogens with one attached hydrogen (secondary N) is 1. The van der Waals surface area contributed by atoms with Crippen molar-refractivity contribution in [3.8, 4) is 11.5 Å². The third-order valence-electron chi connectivity index (χ3n) is 2.59. The molecule has 0 amide bonds. The minimum atomic E-state index is -0.350. The molecule has 0 spiro atoms. The number of rotatable bonds is 9. The van der Waals surface area contributed by atoms with Crippen molar-refractivity contribution in [3.05, 3.63) is 22.2 Å². The number of halogens is 1. The van der Waals surface area contributed by atoms with Crippen LogP contribution in [0.1, 0.15) is 32.8 Å². The predicted octanol–water partition coefficient (Wildman–Crippen LogP) is 3.11. The van der Waals surface area contributed by atoms with Gasteiger partial charge in [0.05, 0.1) is 23.8 Å². The van der Waals surface area contributed by atoms with Crippen molar-refractivity contribution in [2.75, 3.05) is 19.8 Å². The van der Waals surface area contributed by atoms with Gasteiger partial charge in [0.25, 0.3) is 0 Å². The van der Waals surface area contributed by atoms with E-state index in [1.54, 1.807) is 6.92 Å². The molecule has 20 heavy (non-hydrogen) atoms. The average molecular weight is 346 g/mol. The molecule has 0 aliphatic carbocycles. The Hall–Kier alpha value is -0.780. The van der Waals surface area contributed by atoms with Gasteiger partial charge in [-0.3, -0.25) is 0 Å². The van der Waals surface area contributed by atoms with Crippen molar-refractivity contribution < 1.29 is 14.6 Å². The minimum absolute atomic E-state index is 0.350. The molecular formula is C15H24BrNO3. The van der Waals surface area contributed by atoms with Gasteiger partial charge < -0.3 is 19.9 Å². The summed E-state index contributed by atoms with van der Waals surface area (Å²) >= 11 is 3.54. The molecule has 0 bridgehead atoms. The van der Waals surface area contributed by atoms with E-state index in [1.165, 1.54) is 0 Å². The number of hydrogen-bond acceptors (Lipinski definition) is 4. The number of aliphatic hydroxyl groups is 1. The van der Waals surface area contributed by atoms with Crippen LogP contribution >= 0.6 is 15.9 Å². The topological polar surface area (TPSA) is 50.7 Å². The van der Waals surface area contributed by atoms with Gasteiger partial charge in [-0.2, -0.15) is 0 Å².